The molecule has 1 atom stereocenters. The maximum Gasteiger partial charge on any atom is 0.328 e. The molecule has 0 heterocycles. The van der Waals surface area contributed by atoms with Crippen molar-refractivity contribution in [2.45, 2.75) is 26.3 Å². The molecule has 0 aliphatic carbocycles. The van der Waals surface area contributed by atoms with Crippen molar-refractivity contribution in [3.05, 3.63) is 64.7 Å². The van der Waals surface area contributed by atoms with E-state index in [2.05, 4.69) is 5.32 Å². The summed E-state index contributed by atoms with van der Waals surface area (Å²) in [4.78, 5) is 24.3. The van der Waals surface area contributed by atoms with Gasteiger partial charge >= 0.3 is 5.97 Å². The lowest BCUT2D eigenvalue weighted by Gasteiger charge is -2.17. The molecule has 0 aliphatic heterocycles. The van der Waals surface area contributed by atoms with Crippen molar-refractivity contribution in [2.75, 3.05) is 7.11 Å². The van der Waals surface area contributed by atoms with Crippen LogP contribution in [0.1, 0.15) is 27.0 Å². The monoisotopic (exact) mass is 327 g/mol. The van der Waals surface area contributed by atoms with Crippen LogP contribution >= 0.6 is 0 Å². The Morgan fingerprint density at radius 1 is 1.12 bits per heavy atom. The minimum atomic E-state index is -0.799. The number of hydrogen-bond acceptors (Lipinski definition) is 4. The van der Waals surface area contributed by atoms with Crippen LogP contribution in [-0.4, -0.2) is 30.1 Å². The summed E-state index contributed by atoms with van der Waals surface area (Å²) < 4.78 is 4.80. The molecule has 24 heavy (non-hydrogen) atoms. The normalized spacial score (nSPS) is 11.6. The third-order valence-corrected chi connectivity index (χ3v) is 3.91. The molecule has 1 amide bonds. The Morgan fingerprint density at radius 2 is 1.88 bits per heavy atom. The second-order valence-corrected chi connectivity index (χ2v) is 5.72. The average molecular weight is 327 g/mol. The van der Waals surface area contributed by atoms with Crippen LogP contribution in [0, 0.1) is 13.8 Å². The zero-order valence-corrected chi connectivity index (χ0v) is 14.0. The number of aryl methyl sites for hydroxylation is 2. The smallest absolute Gasteiger partial charge is 0.328 e. The van der Waals surface area contributed by atoms with Gasteiger partial charge in [-0.3, -0.25) is 4.79 Å². The van der Waals surface area contributed by atoms with E-state index >= 15 is 0 Å². The summed E-state index contributed by atoms with van der Waals surface area (Å²) in [6, 6.07) is 11.1. The highest BCUT2D eigenvalue weighted by molar-refractivity contribution is 5.97. The Labute approximate surface area is 141 Å². The summed E-state index contributed by atoms with van der Waals surface area (Å²) in [7, 11) is 1.29. The zero-order chi connectivity index (χ0) is 17.7. The minimum Gasteiger partial charge on any atom is -0.508 e. The van der Waals surface area contributed by atoms with Crippen LogP contribution in [0.5, 0.6) is 5.75 Å². The number of esters is 1. The molecule has 0 saturated carbocycles. The van der Waals surface area contributed by atoms with E-state index < -0.39 is 17.9 Å². The molecule has 2 rings (SSSR count). The molecule has 2 aromatic rings. The van der Waals surface area contributed by atoms with Gasteiger partial charge in [-0.05, 0) is 48.7 Å². The molecule has 0 fully saturated rings. The minimum absolute atomic E-state index is 0.00794. The summed E-state index contributed by atoms with van der Waals surface area (Å²) in [6.45, 7) is 4.01. The molecule has 5 nitrogen and oxygen atoms in total. The quantitative estimate of drug-likeness (QED) is 0.828. The van der Waals surface area contributed by atoms with Gasteiger partial charge in [-0.1, -0.05) is 24.3 Å². The van der Waals surface area contributed by atoms with Gasteiger partial charge in [0.2, 0.25) is 0 Å². The van der Waals surface area contributed by atoms with E-state index in [1.165, 1.54) is 19.2 Å². The van der Waals surface area contributed by atoms with Gasteiger partial charge in [0.25, 0.3) is 5.91 Å². The lowest BCUT2D eigenvalue weighted by Crippen LogP contribution is -2.43. The highest BCUT2D eigenvalue weighted by Crippen LogP contribution is 2.14. The fourth-order valence-electron chi connectivity index (χ4n) is 2.39. The third-order valence-electron chi connectivity index (χ3n) is 3.91. The van der Waals surface area contributed by atoms with Crippen LogP contribution in [0.4, 0.5) is 0 Å². The zero-order valence-electron chi connectivity index (χ0n) is 14.0. The van der Waals surface area contributed by atoms with Gasteiger partial charge in [0.1, 0.15) is 11.8 Å². The van der Waals surface area contributed by atoms with Crippen molar-refractivity contribution in [1.82, 2.24) is 5.32 Å². The molecule has 126 valence electrons. The summed E-state index contributed by atoms with van der Waals surface area (Å²) in [6.07, 6.45) is 0.332. The number of rotatable bonds is 5. The number of nitrogens with one attached hydrogen (secondary N) is 1. The van der Waals surface area contributed by atoms with E-state index in [9.17, 15) is 14.7 Å². The third kappa shape index (κ3) is 4.35. The Bertz CT molecular complexity index is 755. The molecule has 0 unspecified atom stereocenters. The average Bonchev–Trinajstić information content (AvgIpc) is 2.56. The summed E-state index contributed by atoms with van der Waals surface area (Å²) in [5.41, 5.74) is 3.50. The van der Waals surface area contributed by atoms with Gasteiger partial charge in [-0.25, -0.2) is 4.79 Å². The van der Waals surface area contributed by atoms with Gasteiger partial charge < -0.3 is 15.2 Å². The van der Waals surface area contributed by atoms with Crippen molar-refractivity contribution in [2.24, 2.45) is 0 Å². The second-order valence-electron chi connectivity index (χ2n) is 5.72. The van der Waals surface area contributed by atoms with Gasteiger partial charge in [0, 0.05) is 12.0 Å². The number of ether oxygens (including phenoxy) is 1. The summed E-state index contributed by atoms with van der Waals surface area (Å²) in [5, 5.41) is 12.1. The van der Waals surface area contributed by atoms with Crippen molar-refractivity contribution < 1.29 is 19.4 Å². The van der Waals surface area contributed by atoms with Gasteiger partial charge in [0.15, 0.2) is 0 Å². The standard InChI is InChI=1S/C19H21NO4/c1-12-7-8-14(9-13(12)2)10-17(19(23)24-3)20-18(22)15-5-4-6-16(21)11-15/h4-9,11,17,21H,10H2,1-3H3,(H,20,22)/t17-/m1/s1. The number of aromatic hydroxyl groups is 1. The SMILES string of the molecule is COC(=O)[C@@H](Cc1ccc(C)c(C)c1)NC(=O)c1cccc(O)c1. The Hall–Kier alpha value is -2.82. The fourth-order valence-corrected chi connectivity index (χ4v) is 2.39. The largest absolute Gasteiger partial charge is 0.508 e. The topological polar surface area (TPSA) is 75.6 Å². The first kappa shape index (κ1) is 17.5. The van der Waals surface area contributed by atoms with Gasteiger partial charge in [0.05, 0.1) is 7.11 Å². The molecule has 0 radical (unpaired) electrons. The summed E-state index contributed by atoms with van der Waals surface area (Å²) in [5.74, 6) is -0.960. The fraction of sp³-hybridized carbons (Fsp3) is 0.263. The van der Waals surface area contributed by atoms with Crippen LogP contribution in [0.3, 0.4) is 0 Å². The first-order valence-corrected chi connectivity index (χ1v) is 7.64. The van der Waals surface area contributed by atoms with Gasteiger partial charge in [-0.2, -0.15) is 0 Å². The molecule has 0 aromatic heterocycles. The van der Waals surface area contributed by atoms with E-state index in [-0.39, 0.29) is 11.3 Å². The molecule has 0 spiro atoms. The van der Waals surface area contributed by atoms with E-state index in [4.69, 9.17) is 4.74 Å². The van der Waals surface area contributed by atoms with Crippen LogP contribution in [-0.2, 0) is 16.0 Å². The first-order valence-electron chi connectivity index (χ1n) is 7.64. The second kappa shape index (κ2) is 7.64. The lowest BCUT2D eigenvalue weighted by atomic mass is 10.0. The Morgan fingerprint density at radius 3 is 2.50 bits per heavy atom. The van der Waals surface area contributed by atoms with Crippen molar-refractivity contribution in [3.63, 3.8) is 0 Å². The number of benzene rings is 2. The van der Waals surface area contributed by atoms with E-state index in [0.717, 1.165) is 16.7 Å². The predicted octanol–water partition coefficient (Wildman–Crippen LogP) is 2.52. The summed E-state index contributed by atoms with van der Waals surface area (Å²) >= 11 is 0. The van der Waals surface area contributed by atoms with Crippen molar-refractivity contribution >= 4 is 11.9 Å². The number of phenols is 1. The van der Waals surface area contributed by atoms with E-state index in [1.807, 2.05) is 32.0 Å². The number of carbonyl (C=O) groups excluding carboxylic acids is 2. The lowest BCUT2D eigenvalue weighted by molar-refractivity contribution is -0.142. The highest BCUT2D eigenvalue weighted by atomic mass is 16.5. The van der Waals surface area contributed by atoms with Crippen molar-refractivity contribution in [1.29, 1.82) is 0 Å². The van der Waals surface area contributed by atoms with Crippen LogP contribution < -0.4 is 5.32 Å². The molecular weight excluding hydrogens is 306 g/mol. The van der Waals surface area contributed by atoms with Crippen LogP contribution in [0.2, 0.25) is 0 Å². The molecule has 5 heteroatoms. The maximum atomic E-state index is 12.3. The number of phenolic OH excluding ortho intramolecular Hbond substituents is 1. The van der Waals surface area contributed by atoms with Crippen LogP contribution in [0.25, 0.3) is 0 Å². The van der Waals surface area contributed by atoms with Crippen molar-refractivity contribution in [3.8, 4) is 5.75 Å². The van der Waals surface area contributed by atoms with E-state index in [0.29, 0.717) is 6.42 Å². The molecular formula is C19H21NO4. The number of carbonyl (C=O) groups is 2. The number of amides is 1. The Balaban J connectivity index is 2.17. The first-order chi connectivity index (χ1) is 11.4. The molecule has 0 saturated heterocycles. The number of hydrogen-bond donors (Lipinski definition) is 2. The Kier molecular flexibility index (Phi) is 5.58. The predicted molar refractivity (Wildman–Crippen MR) is 91.0 cm³/mol. The number of methoxy groups -OCH3 is 1. The van der Waals surface area contributed by atoms with E-state index in [1.54, 1.807) is 12.1 Å². The maximum absolute atomic E-state index is 12.3. The molecule has 0 bridgehead atoms. The molecule has 0 aliphatic rings. The highest BCUT2D eigenvalue weighted by Gasteiger charge is 2.23. The van der Waals surface area contributed by atoms with Gasteiger partial charge in [-0.15, -0.1) is 0 Å². The molecule has 2 N–H and O–H groups in total. The van der Waals surface area contributed by atoms with Crippen LogP contribution in [0.15, 0.2) is 42.5 Å². The molecule has 2 aromatic carbocycles.